The minimum atomic E-state index is 0.404. The van der Waals surface area contributed by atoms with Crippen molar-refractivity contribution in [1.29, 1.82) is 0 Å². The molecule has 4 heteroatoms. The summed E-state index contributed by atoms with van der Waals surface area (Å²) in [7, 11) is 0. The van der Waals surface area contributed by atoms with Gasteiger partial charge in [0.2, 0.25) is 0 Å². The quantitative estimate of drug-likeness (QED) is 0.777. The van der Waals surface area contributed by atoms with E-state index in [-0.39, 0.29) is 0 Å². The van der Waals surface area contributed by atoms with Crippen molar-refractivity contribution >= 4 is 16.5 Å². The zero-order chi connectivity index (χ0) is 14.4. The second kappa shape index (κ2) is 7.85. The van der Waals surface area contributed by atoms with Crippen molar-refractivity contribution in [3.05, 3.63) is 10.6 Å². The van der Waals surface area contributed by atoms with Crippen LogP contribution < -0.4 is 10.2 Å². The highest BCUT2D eigenvalue weighted by molar-refractivity contribution is 7.15. The van der Waals surface area contributed by atoms with Crippen LogP contribution in [0.2, 0.25) is 0 Å². The molecule has 3 nitrogen and oxygen atoms in total. The van der Waals surface area contributed by atoms with Crippen molar-refractivity contribution < 1.29 is 0 Å². The molecule has 0 saturated heterocycles. The zero-order valence-corrected chi connectivity index (χ0v) is 14.1. The first-order valence-electron chi connectivity index (χ1n) is 7.52. The Morgan fingerprint density at radius 1 is 1.26 bits per heavy atom. The fourth-order valence-corrected chi connectivity index (χ4v) is 3.49. The molecule has 0 bridgehead atoms. The molecular weight excluding hydrogens is 254 g/mol. The maximum Gasteiger partial charge on any atom is 0.186 e. The van der Waals surface area contributed by atoms with Crippen LogP contribution in [-0.2, 0) is 0 Å². The van der Waals surface area contributed by atoms with Crippen LogP contribution in [0.15, 0.2) is 0 Å². The molecule has 110 valence electrons. The third-order valence-electron chi connectivity index (χ3n) is 3.62. The minimum Gasteiger partial charge on any atom is -0.346 e. The summed E-state index contributed by atoms with van der Waals surface area (Å²) in [4.78, 5) is 8.57. The molecule has 1 N–H and O–H groups in total. The predicted molar refractivity (Wildman–Crippen MR) is 86.3 cm³/mol. The molecule has 0 fully saturated rings. The Bertz CT molecular complexity index is 375. The third-order valence-corrected chi connectivity index (χ3v) is 5.00. The molecule has 0 aromatic carbocycles. The molecule has 1 rings (SSSR count). The smallest absolute Gasteiger partial charge is 0.186 e. The average molecular weight is 283 g/mol. The number of nitrogens with zero attached hydrogens (tertiary/aromatic N) is 2. The molecule has 2 unspecified atom stereocenters. The SMILES string of the molecule is CCCNC(C)c1sc(N(CC)C(C)CC)nc1C. The molecule has 19 heavy (non-hydrogen) atoms. The number of nitrogens with one attached hydrogen (secondary N) is 1. The molecule has 1 heterocycles. The van der Waals surface area contributed by atoms with E-state index in [1.165, 1.54) is 22.1 Å². The number of aromatic nitrogens is 1. The largest absolute Gasteiger partial charge is 0.346 e. The standard InChI is InChI=1S/C15H29N3S/c1-7-10-16-12(5)14-13(6)17-15(19-14)18(9-3)11(4)8-2/h11-12,16H,7-10H2,1-6H3. The van der Waals surface area contributed by atoms with Crippen LogP contribution in [-0.4, -0.2) is 24.1 Å². The van der Waals surface area contributed by atoms with Gasteiger partial charge in [0.1, 0.15) is 0 Å². The number of hydrogen-bond donors (Lipinski definition) is 1. The predicted octanol–water partition coefficient (Wildman–Crippen LogP) is 4.14. The van der Waals surface area contributed by atoms with Gasteiger partial charge in [-0.15, -0.1) is 11.3 Å². The molecule has 0 spiro atoms. The van der Waals surface area contributed by atoms with Crippen LogP contribution in [0.25, 0.3) is 0 Å². The molecule has 0 aliphatic heterocycles. The molecule has 0 amide bonds. The Hall–Kier alpha value is -0.610. The van der Waals surface area contributed by atoms with Gasteiger partial charge in [0, 0.05) is 23.5 Å². The first-order valence-corrected chi connectivity index (χ1v) is 8.34. The summed E-state index contributed by atoms with van der Waals surface area (Å²) in [6, 6.07) is 0.962. The van der Waals surface area contributed by atoms with Gasteiger partial charge in [0.15, 0.2) is 5.13 Å². The number of anilines is 1. The van der Waals surface area contributed by atoms with Gasteiger partial charge in [-0.1, -0.05) is 13.8 Å². The highest BCUT2D eigenvalue weighted by Crippen LogP contribution is 2.31. The molecule has 0 radical (unpaired) electrons. The van der Waals surface area contributed by atoms with Crippen molar-refractivity contribution in [2.45, 2.75) is 66.5 Å². The molecule has 1 aromatic rings. The summed E-state index contributed by atoms with van der Waals surface area (Å²) in [5.74, 6) is 0. The van der Waals surface area contributed by atoms with E-state index in [2.05, 4.69) is 51.8 Å². The van der Waals surface area contributed by atoms with Gasteiger partial charge < -0.3 is 10.2 Å². The molecule has 2 atom stereocenters. The monoisotopic (exact) mass is 283 g/mol. The van der Waals surface area contributed by atoms with Gasteiger partial charge in [-0.05, 0) is 47.1 Å². The van der Waals surface area contributed by atoms with E-state index in [0.29, 0.717) is 12.1 Å². The summed E-state index contributed by atoms with van der Waals surface area (Å²) >= 11 is 1.85. The van der Waals surface area contributed by atoms with Gasteiger partial charge in [0.25, 0.3) is 0 Å². The van der Waals surface area contributed by atoms with E-state index >= 15 is 0 Å². The first-order chi connectivity index (χ1) is 9.04. The van der Waals surface area contributed by atoms with Gasteiger partial charge in [0.05, 0.1) is 5.69 Å². The Balaban J connectivity index is 2.88. The lowest BCUT2D eigenvalue weighted by atomic mass is 10.2. The summed E-state index contributed by atoms with van der Waals surface area (Å²) in [5.41, 5.74) is 1.18. The van der Waals surface area contributed by atoms with Crippen LogP contribution in [0.3, 0.4) is 0 Å². The second-order valence-corrected chi connectivity index (χ2v) is 6.17. The van der Waals surface area contributed by atoms with Gasteiger partial charge in [-0.25, -0.2) is 4.98 Å². The maximum atomic E-state index is 4.78. The van der Waals surface area contributed by atoms with Crippen molar-refractivity contribution in [1.82, 2.24) is 10.3 Å². The van der Waals surface area contributed by atoms with E-state index in [1.54, 1.807) is 0 Å². The Morgan fingerprint density at radius 3 is 2.47 bits per heavy atom. The number of thiazole rings is 1. The van der Waals surface area contributed by atoms with Crippen molar-refractivity contribution in [2.24, 2.45) is 0 Å². The number of hydrogen-bond acceptors (Lipinski definition) is 4. The number of aryl methyl sites for hydroxylation is 1. The molecule has 0 aliphatic carbocycles. The van der Waals surface area contributed by atoms with E-state index in [0.717, 1.165) is 19.5 Å². The average Bonchev–Trinajstić information content (AvgIpc) is 2.78. The molecule has 0 aliphatic rings. The van der Waals surface area contributed by atoms with E-state index < -0.39 is 0 Å². The topological polar surface area (TPSA) is 28.2 Å². The van der Waals surface area contributed by atoms with Crippen LogP contribution in [0.5, 0.6) is 0 Å². The summed E-state index contributed by atoms with van der Waals surface area (Å²) in [6.45, 7) is 15.4. The lowest BCUT2D eigenvalue weighted by molar-refractivity contribution is 0.575. The summed E-state index contributed by atoms with van der Waals surface area (Å²) < 4.78 is 0. The van der Waals surface area contributed by atoms with E-state index in [1.807, 2.05) is 11.3 Å². The Kier molecular flexibility index (Phi) is 6.80. The fraction of sp³-hybridized carbons (Fsp3) is 0.800. The zero-order valence-electron chi connectivity index (χ0n) is 13.3. The van der Waals surface area contributed by atoms with Gasteiger partial charge in [-0.2, -0.15) is 0 Å². The van der Waals surface area contributed by atoms with Gasteiger partial charge >= 0.3 is 0 Å². The normalized spacial score (nSPS) is 14.4. The Morgan fingerprint density at radius 2 is 1.95 bits per heavy atom. The third kappa shape index (κ3) is 4.18. The lowest BCUT2D eigenvalue weighted by Gasteiger charge is -2.26. The van der Waals surface area contributed by atoms with Crippen LogP contribution >= 0.6 is 11.3 Å². The van der Waals surface area contributed by atoms with Crippen molar-refractivity contribution in [2.75, 3.05) is 18.0 Å². The van der Waals surface area contributed by atoms with E-state index in [4.69, 9.17) is 4.98 Å². The fourth-order valence-electron chi connectivity index (χ4n) is 2.23. The summed E-state index contributed by atoms with van der Waals surface area (Å²) in [6.07, 6.45) is 2.33. The van der Waals surface area contributed by atoms with Crippen LogP contribution in [0, 0.1) is 6.92 Å². The summed E-state index contributed by atoms with van der Waals surface area (Å²) in [5, 5.41) is 4.73. The van der Waals surface area contributed by atoms with E-state index in [9.17, 15) is 0 Å². The molecule has 1 aromatic heterocycles. The van der Waals surface area contributed by atoms with Crippen molar-refractivity contribution in [3.8, 4) is 0 Å². The minimum absolute atomic E-state index is 0.404. The van der Waals surface area contributed by atoms with Gasteiger partial charge in [-0.3, -0.25) is 0 Å². The molecular formula is C15H29N3S. The lowest BCUT2D eigenvalue weighted by Crippen LogP contribution is -2.32. The molecule has 0 saturated carbocycles. The van der Waals surface area contributed by atoms with Crippen LogP contribution in [0.1, 0.15) is 64.1 Å². The van der Waals surface area contributed by atoms with Crippen LogP contribution in [0.4, 0.5) is 5.13 Å². The Labute approximate surface area is 122 Å². The van der Waals surface area contributed by atoms with Crippen molar-refractivity contribution in [3.63, 3.8) is 0 Å². The second-order valence-electron chi connectivity index (χ2n) is 5.17. The number of rotatable bonds is 8. The highest BCUT2D eigenvalue weighted by Gasteiger charge is 2.19. The maximum absolute atomic E-state index is 4.78. The first kappa shape index (κ1) is 16.4. The highest BCUT2D eigenvalue weighted by atomic mass is 32.1.